The highest BCUT2D eigenvalue weighted by molar-refractivity contribution is 5.73. The number of allylic oxidation sites excluding steroid dienone is 1. The predicted octanol–water partition coefficient (Wildman–Crippen LogP) is 5.58. The Morgan fingerprint density at radius 2 is 1.70 bits per heavy atom. The van der Waals surface area contributed by atoms with Gasteiger partial charge in [-0.05, 0) is 26.2 Å². The maximum Gasteiger partial charge on any atom is 0.221 e. The Kier molecular flexibility index (Phi) is 12.3. The molecule has 1 rings (SSSR count). The summed E-state index contributed by atoms with van der Waals surface area (Å²) < 4.78 is 0.880. The fraction of sp³-hybridized carbons (Fsp3) is 0.826. The molecule has 1 amide bonds. The topological polar surface area (TPSA) is 41.5 Å². The number of hydrogen-bond donors (Lipinski definition) is 1. The molecule has 0 saturated heterocycles. The van der Waals surface area contributed by atoms with Crippen LogP contribution in [0.3, 0.4) is 0 Å². The van der Waals surface area contributed by atoms with E-state index in [-0.39, 0.29) is 12.1 Å². The molecule has 27 heavy (non-hydrogen) atoms. The van der Waals surface area contributed by atoms with Gasteiger partial charge in [0.2, 0.25) is 5.91 Å². The van der Waals surface area contributed by atoms with Gasteiger partial charge in [-0.1, -0.05) is 57.4 Å². The maximum absolute atomic E-state index is 11.5. The van der Waals surface area contributed by atoms with E-state index in [0.29, 0.717) is 6.17 Å². The Morgan fingerprint density at radius 1 is 1.15 bits per heavy atom. The van der Waals surface area contributed by atoms with Gasteiger partial charge in [-0.15, -0.1) is 6.58 Å². The number of unbranched alkanes of at least 4 members (excludes halogenated alkanes) is 10. The molecule has 4 heteroatoms. The second kappa shape index (κ2) is 13.9. The van der Waals surface area contributed by atoms with Crippen molar-refractivity contribution in [1.29, 1.82) is 0 Å². The van der Waals surface area contributed by atoms with Gasteiger partial charge in [0, 0.05) is 20.3 Å². The number of nitrogens with zero attached hydrogens (tertiary/aromatic N) is 2. The summed E-state index contributed by atoms with van der Waals surface area (Å²) in [5, 5.41) is 3.10. The molecule has 0 aromatic heterocycles. The first-order valence-corrected chi connectivity index (χ1v) is 11.3. The van der Waals surface area contributed by atoms with Crippen molar-refractivity contribution < 1.29 is 9.28 Å². The molecule has 0 aliphatic carbocycles. The second-order valence-corrected chi connectivity index (χ2v) is 8.19. The summed E-state index contributed by atoms with van der Waals surface area (Å²) in [6.45, 7) is 11.7. The molecule has 0 fully saturated rings. The molecular weight excluding hydrogens is 334 g/mol. The zero-order valence-electron chi connectivity index (χ0n) is 18.2. The van der Waals surface area contributed by atoms with Crippen molar-refractivity contribution in [3.8, 4) is 0 Å². The number of hydrogen-bond acceptors (Lipinski definition) is 2. The lowest BCUT2D eigenvalue weighted by Crippen LogP contribution is -2.63. The molecule has 1 aliphatic rings. The first-order chi connectivity index (χ1) is 13.1. The van der Waals surface area contributed by atoms with Crippen LogP contribution in [-0.4, -0.2) is 42.0 Å². The van der Waals surface area contributed by atoms with Crippen molar-refractivity contribution in [3.63, 3.8) is 0 Å². The molecule has 0 spiro atoms. The van der Waals surface area contributed by atoms with E-state index < -0.39 is 0 Å². The van der Waals surface area contributed by atoms with Crippen LogP contribution in [0.4, 0.5) is 0 Å². The Balaban J connectivity index is 2.13. The van der Waals surface area contributed by atoms with Crippen molar-refractivity contribution in [3.05, 3.63) is 12.7 Å². The predicted molar refractivity (Wildman–Crippen MR) is 117 cm³/mol. The third-order valence-corrected chi connectivity index (χ3v) is 6.19. The average molecular weight is 379 g/mol. The molecule has 0 aromatic rings. The number of quaternary nitrogens is 1. The highest BCUT2D eigenvalue weighted by Crippen LogP contribution is 2.27. The first-order valence-electron chi connectivity index (χ1n) is 11.3. The van der Waals surface area contributed by atoms with Crippen molar-refractivity contribution >= 4 is 12.1 Å². The highest BCUT2D eigenvalue weighted by atomic mass is 16.1. The Morgan fingerprint density at radius 3 is 2.22 bits per heavy atom. The largest absolute Gasteiger partial charge is 0.307 e. The van der Waals surface area contributed by atoms with E-state index in [9.17, 15) is 4.79 Å². The van der Waals surface area contributed by atoms with Crippen molar-refractivity contribution in [2.24, 2.45) is 4.99 Å². The van der Waals surface area contributed by atoms with E-state index in [0.717, 1.165) is 24.0 Å². The smallest absolute Gasteiger partial charge is 0.221 e. The van der Waals surface area contributed by atoms with E-state index in [4.69, 9.17) is 4.99 Å². The SMILES string of the molecule is C=CCCCCCCCCCCCCC1N=CC[N+]1(CC)C(C)NC(C)=O. The molecule has 1 N–H and O–H groups in total. The summed E-state index contributed by atoms with van der Waals surface area (Å²) in [5.74, 6) is 0.0554. The van der Waals surface area contributed by atoms with Crippen molar-refractivity contribution in [1.82, 2.24) is 5.32 Å². The molecule has 0 radical (unpaired) electrons. The van der Waals surface area contributed by atoms with Crippen molar-refractivity contribution in [2.45, 2.75) is 110 Å². The molecule has 0 saturated carbocycles. The highest BCUT2D eigenvalue weighted by Gasteiger charge is 2.42. The molecule has 0 bridgehead atoms. The van der Waals surface area contributed by atoms with E-state index in [1.165, 1.54) is 70.6 Å². The zero-order chi connectivity index (χ0) is 20.0. The number of carbonyl (C=O) groups is 1. The molecule has 4 nitrogen and oxygen atoms in total. The summed E-state index contributed by atoms with van der Waals surface area (Å²) >= 11 is 0. The summed E-state index contributed by atoms with van der Waals surface area (Å²) in [4.78, 5) is 16.3. The van der Waals surface area contributed by atoms with Crippen molar-refractivity contribution in [2.75, 3.05) is 13.1 Å². The number of rotatable bonds is 16. The normalized spacial score (nSPS) is 22.7. The number of amides is 1. The third kappa shape index (κ3) is 8.59. The lowest BCUT2D eigenvalue weighted by atomic mass is 10.0. The number of aliphatic imine (C=N–C) groups is 1. The van der Waals surface area contributed by atoms with Gasteiger partial charge in [0.1, 0.15) is 6.54 Å². The molecule has 3 unspecified atom stereocenters. The summed E-state index contributed by atoms with van der Waals surface area (Å²) in [7, 11) is 0. The monoisotopic (exact) mass is 378 g/mol. The lowest BCUT2D eigenvalue weighted by molar-refractivity contribution is -0.959. The van der Waals surface area contributed by atoms with Crippen LogP contribution >= 0.6 is 0 Å². The van der Waals surface area contributed by atoms with Crippen LogP contribution in [0.25, 0.3) is 0 Å². The molecule has 0 aromatic carbocycles. The van der Waals surface area contributed by atoms with Gasteiger partial charge in [0.15, 0.2) is 12.3 Å². The van der Waals surface area contributed by atoms with Gasteiger partial charge in [0.05, 0.1) is 12.8 Å². The minimum Gasteiger partial charge on any atom is -0.307 e. The summed E-state index contributed by atoms with van der Waals surface area (Å²) in [5.41, 5.74) is 0. The van der Waals surface area contributed by atoms with E-state index in [2.05, 4.69) is 32.0 Å². The zero-order valence-corrected chi connectivity index (χ0v) is 18.2. The summed E-state index contributed by atoms with van der Waals surface area (Å²) in [6.07, 6.45) is 20.4. The fourth-order valence-corrected chi connectivity index (χ4v) is 4.39. The third-order valence-electron chi connectivity index (χ3n) is 6.19. The van der Waals surface area contributed by atoms with Gasteiger partial charge in [-0.3, -0.25) is 9.28 Å². The number of carbonyl (C=O) groups excluding carboxylic acids is 1. The van der Waals surface area contributed by atoms with Gasteiger partial charge in [0.25, 0.3) is 0 Å². The Labute approximate surface area is 168 Å². The minimum absolute atomic E-state index is 0.0554. The number of nitrogens with one attached hydrogen (secondary N) is 1. The lowest BCUT2D eigenvalue weighted by Gasteiger charge is -2.42. The van der Waals surface area contributed by atoms with Gasteiger partial charge in [-0.25, -0.2) is 4.99 Å². The molecule has 156 valence electrons. The van der Waals surface area contributed by atoms with Crippen LogP contribution < -0.4 is 5.32 Å². The Hall–Kier alpha value is -1.16. The van der Waals surface area contributed by atoms with Gasteiger partial charge < -0.3 is 5.32 Å². The van der Waals surface area contributed by atoms with Crippen LogP contribution in [-0.2, 0) is 4.79 Å². The summed E-state index contributed by atoms with van der Waals surface area (Å²) in [6, 6.07) is 0. The van der Waals surface area contributed by atoms with Crippen LogP contribution in [0.5, 0.6) is 0 Å². The van der Waals surface area contributed by atoms with Crippen LogP contribution in [0.15, 0.2) is 17.6 Å². The van der Waals surface area contributed by atoms with Gasteiger partial charge >= 0.3 is 0 Å². The van der Waals surface area contributed by atoms with E-state index in [1.54, 1.807) is 6.92 Å². The van der Waals surface area contributed by atoms with Crippen LogP contribution in [0.2, 0.25) is 0 Å². The minimum atomic E-state index is 0.0554. The quantitative estimate of drug-likeness (QED) is 0.212. The van der Waals surface area contributed by atoms with Crippen LogP contribution in [0, 0.1) is 0 Å². The van der Waals surface area contributed by atoms with Crippen LogP contribution in [0.1, 0.15) is 97.8 Å². The second-order valence-electron chi connectivity index (χ2n) is 8.19. The molecular formula is C23H44N3O+. The molecule has 3 atom stereocenters. The average Bonchev–Trinajstić information content (AvgIpc) is 3.06. The molecule has 1 heterocycles. The molecule has 1 aliphatic heterocycles. The standard InChI is InChI=1S/C23H43N3O/c1-5-7-8-9-10-11-12-13-14-15-16-17-18-23-24-19-20-26(23,6-2)21(3)25-22(4)27/h5,19,21,23H,1,6-18,20H2,2-4H3/p+1. The fourth-order valence-electron chi connectivity index (χ4n) is 4.39. The van der Waals surface area contributed by atoms with Gasteiger partial charge in [-0.2, -0.15) is 0 Å². The Bertz CT molecular complexity index is 449. The van der Waals surface area contributed by atoms with E-state index >= 15 is 0 Å². The maximum atomic E-state index is 11.5. The first kappa shape index (κ1) is 23.9. The van der Waals surface area contributed by atoms with E-state index in [1.807, 2.05) is 6.08 Å².